The number of para-hydroxylation sites is 4. The lowest BCUT2D eigenvalue weighted by Crippen LogP contribution is -2.30. The molecule has 0 unspecified atom stereocenters. The van der Waals surface area contributed by atoms with Crippen molar-refractivity contribution in [3.05, 3.63) is 48.5 Å². The number of anilines is 1. The second-order valence-electron chi connectivity index (χ2n) is 4.60. The Morgan fingerprint density at radius 2 is 1.45 bits per heavy atom. The topological polar surface area (TPSA) is 56.8 Å². The fraction of sp³-hybridized carbons (Fsp3) is 0.235. The first-order chi connectivity index (χ1) is 10.7. The zero-order valence-electron chi connectivity index (χ0n) is 12.8. The van der Waals surface area contributed by atoms with Crippen LogP contribution in [0.4, 0.5) is 5.69 Å². The molecule has 0 aliphatic rings. The Labute approximate surface area is 129 Å². The highest BCUT2D eigenvalue weighted by Crippen LogP contribution is 2.27. The summed E-state index contributed by atoms with van der Waals surface area (Å²) < 4.78 is 16.1. The first-order valence-electron chi connectivity index (χ1n) is 6.89. The van der Waals surface area contributed by atoms with E-state index >= 15 is 0 Å². The average molecular weight is 301 g/mol. The third-order valence-corrected chi connectivity index (χ3v) is 3.11. The normalized spacial score (nSPS) is 11.4. The van der Waals surface area contributed by atoms with E-state index < -0.39 is 6.10 Å². The molecule has 5 nitrogen and oxygen atoms in total. The standard InChI is InChI=1S/C17H19NO4/c1-12(22-16-11-7-6-10-15(16)21-3)17(19)18-13-8-4-5-9-14(13)20-2/h4-12H,1-3H3,(H,18,19)/t12-/m0/s1. The fourth-order valence-corrected chi connectivity index (χ4v) is 1.94. The van der Waals surface area contributed by atoms with Gasteiger partial charge in [-0.25, -0.2) is 0 Å². The lowest BCUT2D eigenvalue weighted by Gasteiger charge is -2.17. The molecule has 1 N–H and O–H groups in total. The van der Waals surface area contributed by atoms with E-state index in [0.29, 0.717) is 22.9 Å². The van der Waals surface area contributed by atoms with Crippen molar-refractivity contribution in [2.75, 3.05) is 19.5 Å². The van der Waals surface area contributed by atoms with Crippen LogP contribution in [0.25, 0.3) is 0 Å². The van der Waals surface area contributed by atoms with Crippen LogP contribution in [0.15, 0.2) is 48.5 Å². The molecule has 1 amide bonds. The Morgan fingerprint density at radius 1 is 0.909 bits per heavy atom. The number of carbonyl (C=O) groups excluding carboxylic acids is 1. The molecule has 0 aliphatic heterocycles. The third kappa shape index (κ3) is 3.69. The van der Waals surface area contributed by atoms with Crippen molar-refractivity contribution in [3.63, 3.8) is 0 Å². The summed E-state index contributed by atoms with van der Waals surface area (Å²) in [5, 5.41) is 2.79. The van der Waals surface area contributed by atoms with Crippen LogP contribution in [0.2, 0.25) is 0 Å². The van der Waals surface area contributed by atoms with Gasteiger partial charge in [0.25, 0.3) is 5.91 Å². The number of carbonyl (C=O) groups is 1. The molecule has 22 heavy (non-hydrogen) atoms. The molecule has 0 aromatic heterocycles. The smallest absolute Gasteiger partial charge is 0.265 e. The molecule has 2 aromatic carbocycles. The molecular weight excluding hydrogens is 282 g/mol. The highest BCUT2D eigenvalue weighted by molar-refractivity contribution is 5.95. The van der Waals surface area contributed by atoms with E-state index in [4.69, 9.17) is 14.2 Å². The highest BCUT2D eigenvalue weighted by atomic mass is 16.5. The van der Waals surface area contributed by atoms with Crippen LogP contribution in [0.3, 0.4) is 0 Å². The molecule has 0 radical (unpaired) electrons. The van der Waals surface area contributed by atoms with Crippen LogP contribution < -0.4 is 19.5 Å². The van der Waals surface area contributed by atoms with Gasteiger partial charge in [0.2, 0.25) is 0 Å². The second kappa shape index (κ2) is 7.36. The van der Waals surface area contributed by atoms with E-state index in [9.17, 15) is 4.79 Å². The summed E-state index contributed by atoms with van der Waals surface area (Å²) in [7, 11) is 3.11. The van der Waals surface area contributed by atoms with Gasteiger partial charge in [-0.2, -0.15) is 0 Å². The molecule has 116 valence electrons. The van der Waals surface area contributed by atoms with Crippen LogP contribution in [0.5, 0.6) is 17.2 Å². The minimum Gasteiger partial charge on any atom is -0.495 e. The number of rotatable bonds is 6. The molecule has 0 bridgehead atoms. The lowest BCUT2D eigenvalue weighted by molar-refractivity contribution is -0.122. The fourth-order valence-electron chi connectivity index (χ4n) is 1.94. The molecule has 0 saturated heterocycles. The van der Waals surface area contributed by atoms with E-state index in [1.807, 2.05) is 24.3 Å². The second-order valence-corrected chi connectivity index (χ2v) is 4.60. The summed E-state index contributed by atoms with van der Waals surface area (Å²) >= 11 is 0. The Morgan fingerprint density at radius 3 is 2.09 bits per heavy atom. The van der Waals surface area contributed by atoms with Gasteiger partial charge in [0, 0.05) is 0 Å². The third-order valence-electron chi connectivity index (χ3n) is 3.11. The van der Waals surface area contributed by atoms with Crippen molar-refractivity contribution in [2.24, 2.45) is 0 Å². The van der Waals surface area contributed by atoms with E-state index in [0.717, 1.165) is 0 Å². The van der Waals surface area contributed by atoms with Crippen molar-refractivity contribution in [1.29, 1.82) is 0 Å². The van der Waals surface area contributed by atoms with Gasteiger partial charge in [0.05, 0.1) is 19.9 Å². The molecule has 0 fully saturated rings. The number of hydrogen-bond acceptors (Lipinski definition) is 4. The monoisotopic (exact) mass is 301 g/mol. The van der Waals surface area contributed by atoms with Crippen LogP contribution in [-0.2, 0) is 4.79 Å². The Kier molecular flexibility index (Phi) is 5.25. The molecule has 5 heteroatoms. The van der Waals surface area contributed by atoms with Crippen molar-refractivity contribution >= 4 is 11.6 Å². The maximum Gasteiger partial charge on any atom is 0.265 e. The van der Waals surface area contributed by atoms with Gasteiger partial charge < -0.3 is 19.5 Å². The molecule has 2 rings (SSSR count). The Hall–Kier alpha value is -2.69. The number of amides is 1. The van der Waals surface area contributed by atoms with E-state index in [1.165, 1.54) is 0 Å². The van der Waals surface area contributed by atoms with Gasteiger partial charge in [-0.05, 0) is 31.2 Å². The summed E-state index contributed by atoms with van der Waals surface area (Å²) in [6, 6.07) is 14.4. The van der Waals surface area contributed by atoms with Crippen molar-refractivity contribution < 1.29 is 19.0 Å². The van der Waals surface area contributed by atoms with Crippen molar-refractivity contribution in [3.8, 4) is 17.2 Å². The number of ether oxygens (including phenoxy) is 3. The van der Waals surface area contributed by atoms with E-state index in [2.05, 4.69) is 5.32 Å². The molecular formula is C17H19NO4. The quantitative estimate of drug-likeness (QED) is 0.890. The Bertz CT molecular complexity index is 642. The molecule has 1 atom stereocenters. The molecule has 0 saturated carbocycles. The summed E-state index contributed by atoms with van der Waals surface area (Å²) in [6.45, 7) is 1.68. The van der Waals surface area contributed by atoms with Gasteiger partial charge in [-0.3, -0.25) is 4.79 Å². The SMILES string of the molecule is COc1ccccc1NC(=O)[C@H](C)Oc1ccccc1OC. The number of methoxy groups -OCH3 is 2. The number of nitrogens with one attached hydrogen (secondary N) is 1. The van der Waals surface area contributed by atoms with Crippen LogP contribution in [-0.4, -0.2) is 26.2 Å². The largest absolute Gasteiger partial charge is 0.495 e. The van der Waals surface area contributed by atoms with Crippen LogP contribution in [0.1, 0.15) is 6.92 Å². The molecule has 2 aromatic rings. The average Bonchev–Trinajstić information content (AvgIpc) is 2.55. The zero-order valence-corrected chi connectivity index (χ0v) is 12.8. The van der Waals surface area contributed by atoms with Crippen LogP contribution >= 0.6 is 0 Å². The highest BCUT2D eigenvalue weighted by Gasteiger charge is 2.18. The molecule has 0 aliphatic carbocycles. The first-order valence-corrected chi connectivity index (χ1v) is 6.89. The summed E-state index contributed by atoms with van der Waals surface area (Å²) in [6.07, 6.45) is -0.679. The Balaban J connectivity index is 2.06. The van der Waals surface area contributed by atoms with E-state index in [1.54, 1.807) is 45.4 Å². The predicted molar refractivity (Wildman–Crippen MR) is 84.7 cm³/mol. The van der Waals surface area contributed by atoms with Gasteiger partial charge in [0.1, 0.15) is 5.75 Å². The summed E-state index contributed by atoms with van der Waals surface area (Å²) in [5.74, 6) is 1.43. The van der Waals surface area contributed by atoms with Gasteiger partial charge in [0.15, 0.2) is 17.6 Å². The number of benzene rings is 2. The molecule has 0 spiro atoms. The maximum atomic E-state index is 12.3. The van der Waals surface area contributed by atoms with Gasteiger partial charge in [-0.15, -0.1) is 0 Å². The van der Waals surface area contributed by atoms with Gasteiger partial charge in [-0.1, -0.05) is 24.3 Å². The van der Waals surface area contributed by atoms with Crippen LogP contribution in [0, 0.1) is 0 Å². The lowest BCUT2D eigenvalue weighted by atomic mass is 10.2. The maximum absolute atomic E-state index is 12.3. The zero-order chi connectivity index (χ0) is 15.9. The van der Waals surface area contributed by atoms with E-state index in [-0.39, 0.29) is 5.91 Å². The van der Waals surface area contributed by atoms with Gasteiger partial charge >= 0.3 is 0 Å². The van der Waals surface area contributed by atoms with Crippen molar-refractivity contribution in [1.82, 2.24) is 0 Å². The van der Waals surface area contributed by atoms with Crippen molar-refractivity contribution in [2.45, 2.75) is 13.0 Å². The number of hydrogen-bond donors (Lipinski definition) is 1. The summed E-state index contributed by atoms with van der Waals surface area (Å²) in [5.41, 5.74) is 0.602. The predicted octanol–water partition coefficient (Wildman–Crippen LogP) is 3.11. The molecule has 0 heterocycles. The minimum atomic E-state index is -0.679. The summed E-state index contributed by atoms with van der Waals surface area (Å²) in [4.78, 5) is 12.3. The first kappa shape index (κ1) is 15.7. The minimum absolute atomic E-state index is 0.268.